The van der Waals surface area contributed by atoms with Crippen LogP contribution in [0.3, 0.4) is 0 Å². The zero-order valence-electron chi connectivity index (χ0n) is 11.5. The fourth-order valence-corrected chi connectivity index (χ4v) is 3.55. The van der Waals surface area contributed by atoms with Gasteiger partial charge >= 0.3 is 0 Å². The number of unbranched alkanes of at least 4 members (excludes halogenated alkanes) is 7. The third-order valence-electron chi connectivity index (χ3n) is 4.08. The summed E-state index contributed by atoms with van der Waals surface area (Å²) >= 11 is 1.76. The Kier molecular flexibility index (Phi) is 7.26. The van der Waals surface area contributed by atoms with Gasteiger partial charge < -0.3 is 4.79 Å². The van der Waals surface area contributed by atoms with Crippen LogP contribution < -0.4 is 0 Å². The van der Waals surface area contributed by atoms with Crippen molar-refractivity contribution in [2.45, 2.75) is 75.9 Å². The van der Waals surface area contributed by atoms with Crippen LogP contribution in [0.2, 0.25) is 0 Å². The van der Waals surface area contributed by atoms with Gasteiger partial charge in [0.05, 0.1) is 4.75 Å². The van der Waals surface area contributed by atoms with Gasteiger partial charge in [-0.2, -0.15) is 11.8 Å². The van der Waals surface area contributed by atoms with Crippen molar-refractivity contribution in [2.24, 2.45) is 5.92 Å². The zero-order chi connectivity index (χ0) is 12.6. The Bertz CT molecular complexity index is 217. The van der Waals surface area contributed by atoms with Crippen LogP contribution >= 0.6 is 11.8 Å². The SMILES string of the molecule is CCCCCCCCCC[C@@H]1C[C@]1(C=O)SC. The summed E-state index contributed by atoms with van der Waals surface area (Å²) in [5.74, 6) is 0.690. The van der Waals surface area contributed by atoms with E-state index in [-0.39, 0.29) is 4.75 Å². The highest BCUT2D eigenvalue weighted by atomic mass is 32.2. The van der Waals surface area contributed by atoms with E-state index in [1.54, 1.807) is 11.8 Å². The fraction of sp³-hybridized carbons (Fsp3) is 0.933. The zero-order valence-corrected chi connectivity index (χ0v) is 12.4. The van der Waals surface area contributed by atoms with Gasteiger partial charge in [0.15, 0.2) is 0 Å². The molecule has 2 heteroatoms. The maximum absolute atomic E-state index is 10.9. The maximum atomic E-state index is 10.9. The first-order valence-electron chi connectivity index (χ1n) is 7.30. The molecule has 0 aromatic rings. The van der Waals surface area contributed by atoms with Crippen molar-refractivity contribution in [2.75, 3.05) is 6.26 Å². The highest BCUT2D eigenvalue weighted by Gasteiger charge is 2.52. The normalized spacial score (nSPS) is 27.1. The molecular formula is C15H28OS. The van der Waals surface area contributed by atoms with Crippen molar-refractivity contribution in [1.82, 2.24) is 0 Å². The molecule has 1 fully saturated rings. The molecule has 0 spiro atoms. The number of hydrogen-bond donors (Lipinski definition) is 0. The lowest BCUT2D eigenvalue weighted by molar-refractivity contribution is -0.108. The first kappa shape index (κ1) is 15.1. The van der Waals surface area contributed by atoms with Gasteiger partial charge in [-0.15, -0.1) is 0 Å². The number of carbonyl (C=O) groups is 1. The van der Waals surface area contributed by atoms with Crippen molar-refractivity contribution in [1.29, 1.82) is 0 Å². The third kappa shape index (κ3) is 5.03. The summed E-state index contributed by atoms with van der Waals surface area (Å²) in [6.45, 7) is 2.26. The lowest BCUT2D eigenvalue weighted by atomic mass is 10.1. The molecule has 0 saturated heterocycles. The molecule has 17 heavy (non-hydrogen) atoms. The Balaban J connectivity index is 1.87. The monoisotopic (exact) mass is 256 g/mol. The molecule has 1 aliphatic rings. The Morgan fingerprint density at radius 3 is 2.18 bits per heavy atom. The van der Waals surface area contributed by atoms with E-state index in [0.717, 1.165) is 6.42 Å². The van der Waals surface area contributed by atoms with Gasteiger partial charge in [0.25, 0.3) is 0 Å². The van der Waals surface area contributed by atoms with Gasteiger partial charge in [-0.3, -0.25) is 0 Å². The van der Waals surface area contributed by atoms with Gasteiger partial charge in [0.2, 0.25) is 0 Å². The first-order valence-corrected chi connectivity index (χ1v) is 8.53. The summed E-state index contributed by atoms with van der Waals surface area (Å²) in [4.78, 5) is 10.9. The van der Waals surface area contributed by atoms with Crippen molar-refractivity contribution in [3.05, 3.63) is 0 Å². The van der Waals surface area contributed by atoms with E-state index in [0.29, 0.717) is 5.92 Å². The molecule has 0 radical (unpaired) electrons. The molecule has 2 atom stereocenters. The molecule has 1 rings (SSSR count). The highest BCUT2D eigenvalue weighted by molar-refractivity contribution is 8.01. The third-order valence-corrected chi connectivity index (χ3v) is 5.44. The van der Waals surface area contributed by atoms with Crippen molar-refractivity contribution >= 4 is 18.0 Å². The van der Waals surface area contributed by atoms with Crippen LogP contribution in [0.15, 0.2) is 0 Å². The standard InChI is InChI=1S/C15H28OS/c1-3-4-5-6-7-8-9-10-11-14-12-15(14,13-16)17-2/h13-14H,3-12H2,1-2H3/t14-,15-/m1/s1. The quantitative estimate of drug-likeness (QED) is 0.389. The highest BCUT2D eigenvalue weighted by Crippen LogP contribution is 2.54. The van der Waals surface area contributed by atoms with Crippen LogP contribution in [0, 0.1) is 5.92 Å². The predicted molar refractivity (Wildman–Crippen MR) is 77.6 cm³/mol. The van der Waals surface area contributed by atoms with Crippen molar-refractivity contribution in [3.8, 4) is 0 Å². The Labute approximate surface area is 111 Å². The number of aldehydes is 1. The predicted octanol–water partition coefficient (Wildman–Crippen LogP) is 4.84. The lowest BCUT2D eigenvalue weighted by Gasteiger charge is -2.05. The summed E-state index contributed by atoms with van der Waals surface area (Å²) in [7, 11) is 0. The average Bonchev–Trinajstić information content (AvgIpc) is 3.07. The van der Waals surface area contributed by atoms with E-state index in [9.17, 15) is 4.79 Å². The maximum Gasteiger partial charge on any atom is 0.136 e. The molecule has 0 bridgehead atoms. The van der Waals surface area contributed by atoms with E-state index in [2.05, 4.69) is 13.2 Å². The molecule has 0 amide bonds. The van der Waals surface area contributed by atoms with Crippen LogP contribution in [0.1, 0.15) is 71.1 Å². The number of thioether (sulfide) groups is 1. The van der Waals surface area contributed by atoms with E-state index in [4.69, 9.17) is 0 Å². The van der Waals surface area contributed by atoms with Crippen LogP contribution in [0.5, 0.6) is 0 Å². The molecule has 1 nitrogen and oxygen atoms in total. The first-order chi connectivity index (χ1) is 8.29. The summed E-state index contributed by atoms with van der Waals surface area (Å²) in [5, 5.41) is 0. The van der Waals surface area contributed by atoms with Crippen LogP contribution in [-0.2, 0) is 4.79 Å². The van der Waals surface area contributed by atoms with Gasteiger partial charge in [0, 0.05) is 0 Å². The number of carbonyl (C=O) groups excluding carboxylic acids is 1. The van der Waals surface area contributed by atoms with Gasteiger partial charge in [-0.05, 0) is 25.0 Å². The molecule has 100 valence electrons. The van der Waals surface area contributed by atoms with E-state index >= 15 is 0 Å². The topological polar surface area (TPSA) is 17.1 Å². The van der Waals surface area contributed by atoms with Gasteiger partial charge in [-0.1, -0.05) is 58.3 Å². The Morgan fingerprint density at radius 2 is 1.71 bits per heavy atom. The van der Waals surface area contributed by atoms with Crippen LogP contribution in [0.4, 0.5) is 0 Å². The molecular weight excluding hydrogens is 228 g/mol. The summed E-state index contributed by atoms with van der Waals surface area (Å²) in [6, 6.07) is 0. The smallest absolute Gasteiger partial charge is 0.136 e. The Hall–Kier alpha value is 0.0200. The largest absolute Gasteiger partial charge is 0.302 e. The summed E-state index contributed by atoms with van der Waals surface area (Å²) in [5.41, 5.74) is 0. The van der Waals surface area contributed by atoms with Gasteiger partial charge in [0.1, 0.15) is 6.29 Å². The average molecular weight is 256 g/mol. The molecule has 0 aromatic carbocycles. The summed E-state index contributed by atoms with van der Waals surface area (Å²) in [6.07, 6.45) is 16.7. The lowest BCUT2D eigenvalue weighted by Crippen LogP contribution is -2.07. The minimum absolute atomic E-state index is 0.0289. The second kappa shape index (κ2) is 8.18. The molecule has 0 unspecified atom stereocenters. The van der Waals surface area contributed by atoms with E-state index in [1.807, 2.05) is 0 Å². The van der Waals surface area contributed by atoms with Crippen molar-refractivity contribution in [3.63, 3.8) is 0 Å². The molecule has 0 aliphatic heterocycles. The molecule has 0 N–H and O–H groups in total. The van der Waals surface area contributed by atoms with Crippen LogP contribution in [0.25, 0.3) is 0 Å². The van der Waals surface area contributed by atoms with Crippen LogP contribution in [-0.4, -0.2) is 17.3 Å². The minimum Gasteiger partial charge on any atom is -0.302 e. The molecule has 1 aliphatic carbocycles. The minimum atomic E-state index is 0.0289. The Morgan fingerprint density at radius 1 is 1.12 bits per heavy atom. The van der Waals surface area contributed by atoms with E-state index < -0.39 is 0 Å². The van der Waals surface area contributed by atoms with Crippen molar-refractivity contribution < 1.29 is 4.79 Å². The van der Waals surface area contributed by atoms with Gasteiger partial charge in [-0.25, -0.2) is 0 Å². The number of rotatable bonds is 11. The van der Waals surface area contributed by atoms with E-state index in [1.165, 1.54) is 64.1 Å². The fourth-order valence-electron chi connectivity index (χ4n) is 2.64. The summed E-state index contributed by atoms with van der Waals surface area (Å²) < 4.78 is 0.0289. The number of hydrogen-bond acceptors (Lipinski definition) is 2. The second-order valence-corrected chi connectivity index (χ2v) is 6.61. The molecule has 0 aromatic heterocycles. The second-order valence-electron chi connectivity index (χ2n) is 5.44. The molecule has 1 saturated carbocycles. The molecule has 0 heterocycles.